The van der Waals surface area contributed by atoms with Gasteiger partial charge in [-0.15, -0.1) is 0 Å². The van der Waals surface area contributed by atoms with E-state index in [2.05, 4.69) is 111 Å². The summed E-state index contributed by atoms with van der Waals surface area (Å²) in [5.74, 6) is 0.348. The summed E-state index contributed by atoms with van der Waals surface area (Å²) in [6.45, 7) is 6.76. The molecular weight excluding hydrogens is 558 g/mol. The van der Waals surface area contributed by atoms with Crippen LogP contribution in [-0.4, -0.2) is 73.0 Å². The molecule has 0 saturated carbocycles. The minimum absolute atomic E-state index is 0.00218. The SMILES string of the molecule is O=C(N[C@H](Cc1ccc2ccccc2c1)CN1CCN(c2ccccc2CN2CCCC2=O)CC1)[C@H]1Cc2ccccc2CN1. The lowest BCUT2D eigenvalue weighted by molar-refractivity contribution is -0.128. The van der Waals surface area contributed by atoms with Crippen LogP contribution in [0.25, 0.3) is 10.8 Å². The first-order valence-corrected chi connectivity index (χ1v) is 16.5. The zero-order chi connectivity index (χ0) is 30.6. The third-order valence-electron chi connectivity index (χ3n) is 9.76. The lowest BCUT2D eigenvalue weighted by Gasteiger charge is -2.39. The van der Waals surface area contributed by atoms with E-state index in [1.54, 1.807) is 0 Å². The predicted molar refractivity (Wildman–Crippen MR) is 180 cm³/mol. The average molecular weight is 602 g/mol. The standard InChI is InChI=1S/C38H43N5O2/c44-37-14-7-17-43(37)26-33-12-5-6-13-36(33)42-20-18-41(19-21-42)27-34(23-28-15-16-29-8-1-2-9-30(29)22-28)40-38(45)35-24-31-10-3-4-11-32(31)25-39-35/h1-6,8-13,15-16,22,34-35,39H,7,14,17-21,23-27H2,(H,40,45)/t34-,35-/m1/s1. The van der Waals surface area contributed by atoms with E-state index in [9.17, 15) is 9.59 Å². The van der Waals surface area contributed by atoms with Gasteiger partial charge >= 0.3 is 0 Å². The van der Waals surface area contributed by atoms with Crippen LogP contribution >= 0.6 is 0 Å². The molecular formula is C38H43N5O2. The van der Waals surface area contributed by atoms with E-state index < -0.39 is 0 Å². The number of fused-ring (bicyclic) bond motifs is 2. The van der Waals surface area contributed by atoms with Crippen LogP contribution in [0.15, 0.2) is 91.0 Å². The number of piperazine rings is 1. The summed E-state index contributed by atoms with van der Waals surface area (Å²) in [6.07, 6.45) is 3.13. The molecule has 4 aromatic rings. The van der Waals surface area contributed by atoms with Crippen molar-refractivity contribution >= 4 is 28.3 Å². The number of likely N-dealkylation sites (tertiary alicyclic amines) is 1. The Hall–Kier alpha value is -4.20. The van der Waals surface area contributed by atoms with Crippen LogP contribution < -0.4 is 15.5 Å². The second-order valence-electron chi connectivity index (χ2n) is 12.8. The Balaban J connectivity index is 1.03. The van der Waals surface area contributed by atoms with Gasteiger partial charge in [-0.1, -0.05) is 84.9 Å². The summed E-state index contributed by atoms with van der Waals surface area (Å²) in [4.78, 5) is 32.9. The molecule has 2 N–H and O–H groups in total. The second-order valence-corrected chi connectivity index (χ2v) is 12.8. The van der Waals surface area contributed by atoms with Crippen molar-refractivity contribution in [2.45, 2.75) is 50.9 Å². The molecule has 45 heavy (non-hydrogen) atoms. The third kappa shape index (κ3) is 6.90. The summed E-state index contributed by atoms with van der Waals surface area (Å²) < 4.78 is 0. The number of benzene rings is 4. The van der Waals surface area contributed by atoms with Crippen molar-refractivity contribution in [3.63, 3.8) is 0 Å². The molecule has 0 radical (unpaired) electrons. The van der Waals surface area contributed by atoms with Gasteiger partial charge in [0, 0.05) is 70.5 Å². The molecule has 3 aliphatic heterocycles. The molecule has 0 bridgehead atoms. The summed E-state index contributed by atoms with van der Waals surface area (Å²) in [7, 11) is 0. The minimum Gasteiger partial charge on any atom is -0.369 e. The number of rotatable bonds is 9. The lowest BCUT2D eigenvalue weighted by atomic mass is 9.95. The fourth-order valence-corrected chi connectivity index (χ4v) is 7.27. The van der Waals surface area contributed by atoms with Gasteiger partial charge in [-0.05, 0) is 58.4 Å². The van der Waals surface area contributed by atoms with E-state index in [4.69, 9.17) is 0 Å². The Morgan fingerprint density at radius 3 is 2.42 bits per heavy atom. The zero-order valence-electron chi connectivity index (χ0n) is 26.0. The Labute approximate surface area is 266 Å². The van der Waals surface area contributed by atoms with Crippen molar-refractivity contribution in [1.82, 2.24) is 20.4 Å². The average Bonchev–Trinajstić information content (AvgIpc) is 3.48. The zero-order valence-corrected chi connectivity index (χ0v) is 26.0. The van der Waals surface area contributed by atoms with Crippen molar-refractivity contribution < 1.29 is 9.59 Å². The summed E-state index contributed by atoms with van der Waals surface area (Å²) >= 11 is 0. The summed E-state index contributed by atoms with van der Waals surface area (Å²) in [6, 6.07) is 31.8. The van der Waals surface area contributed by atoms with E-state index in [0.29, 0.717) is 19.4 Å². The number of carbonyl (C=O) groups is 2. The van der Waals surface area contributed by atoms with Gasteiger partial charge in [0.25, 0.3) is 0 Å². The highest BCUT2D eigenvalue weighted by molar-refractivity contribution is 5.84. The first-order chi connectivity index (χ1) is 22.1. The number of nitrogens with one attached hydrogen (secondary N) is 2. The number of para-hydroxylation sites is 1. The third-order valence-corrected chi connectivity index (χ3v) is 9.76. The maximum absolute atomic E-state index is 13.7. The Morgan fingerprint density at radius 2 is 1.60 bits per heavy atom. The normalized spacial score (nSPS) is 19.5. The summed E-state index contributed by atoms with van der Waals surface area (Å²) in [5, 5.41) is 9.40. The molecule has 4 aromatic carbocycles. The topological polar surface area (TPSA) is 67.9 Å². The van der Waals surface area contributed by atoms with Gasteiger partial charge in [0.05, 0.1) is 6.04 Å². The number of nitrogens with zero attached hydrogens (tertiary/aromatic N) is 3. The maximum atomic E-state index is 13.7. The quantitative estimate of drug-likeness (QED) is 0.295. The van der Waals surface area contributed by atoms with E-state index in [-0.39, 0.29) is 23.9 Å². The van der Waals surface area contributed by atoms with Gasteiger partial charge in [0.15, 0.2) is 0 Å². The first-order valence-electron chi connectivity index (χ1n) is 16.5. The van der Waals surface area contributed by atoms with Gasteiger partial charge in [0.1, 0.15) is 0 Å². The highest BCUT2D eigenvalue weighted by atomic mass is 16.2. The van der Waals surface area contributed by atoms with Gasteiger partial charge in [-0.3, -0.25) is 14.5 Å². The monoisotopic (exact) mass is 601 g/mol. The highest BCUT2D eigenvalue weighted by Crippen LogP contribution is 2.26. The number of amides is 2. The molecule has 3 heterocycles. The van der Waals surface area contributed by atoms with Crippen molar-refractivity contribution in [2.75, 3.05) is 44.2 Å². The Bertz CT molecular complexity index is 1660. The molecule has 7 nitrogen and oxygen atoms in total. The second kappa shape index (κ2) is 13.4. The van der Waals surface area contributed by atoms with Crippen LogP contribution in [0.4, 0.5) is 5.69 Å². The fraction of sp³-hybridized carbons (Fsp3) is 0.368. The fourth-order valence-electron chi connectivity index (χ4n) is 7.27. The van der Waals surface area contributed by atoms with Gasteiger partial charge in [0.2, 0.25) is 11.8 Å². The number of hydrogen-bond donors (Lipinski definition) is 2. The highest BCUT2D eigenvalue weighted by Gasteiger charge is 2.28. The molecule has 7 rings (SSSR count). The van der Waals surface area contributed by atoms with Gasteiger partial charge in [-0.2, -0.15) is 0 Å². The number of carbonyl (C=O) groups excluding carboxylic acids is 2. The molecule has 2 atom stereocenters. The van der Waals surface area contributed by atoms with Crippen LogP contribution in [0.5, 0.6) is 0 Å². The van der Waals surface area contributed by atoms with Crippen molar-refractivity contribution in [3.8, 4) is 0 Å². The van der Waals surface area contributed by atoms with Crippen LogP contribution in [0.2, 0.25) is 0 Å². The molecule has 3 aliphatic rings. The molecule has 2 amide bonds. The summed E-state index contributed by atoms with van der Waals surface area (Å²) in [5.41, 5.74) is 6.24. The van der Waals surface area contributed by atoms with Crippen LogP contribution in [-0.2, 0) is 35.5 Å². The molecule has 2 fully saturated rings. The van der Waals surface area contributed by atoms with Crippen LogP contribution in [0.1, 0.15) is 35.1 Å². The predicted octanol–water partition coefficient (Wildman–Crippen LogP) is 4.53. The smallest absolute Gasteiger partial charge is 0.237 e. The van der Waals surface area contributed by atoms with E-state index in [1.807, 2.05) is 4.90 Å². The van der Waals surface area contributed by atoms with Crippen molar-refractivity contribution in [2.24, 2.45) is 0 Å². The Kier molecular flexibility index (Phi) is 8.80. The van der Waals surface area contributed by atoms with Gasteiger partial charge < -0.3 is 20.4 Å². The van der Waals surface area contributed by atoms with E-state index >= 15 is 0 Å². The molecule has 2 saturated heterocycles. The van der Waals surface area contributed by atoms with Crippen molar-refractivity contribution in [1.29, 1.82) is 0 Å². The van der Waals surface area contributed by atoms with Crippen LogP contribution in [0, 0.1) is 0 Å². The number of anilines is 1. The van der Waals surface area contributed by atoms with Crippen LogP contribution in [0.3, 0.4) is 0 Å². The Morgan fingerprint density at radius 1 is 0.844 bits per heavy atom. The maximum Gasteiger partial charge on any atom is 0.237 e. The largest absolute Gasteiger partial charge is 0.369 e. The molecule has 7 heteroatoms. The molecule has 0 aromatic heterocycles. The van der Waals surface area contributed by atoms with Gasteiger partial charge in [-0.25, -0.2) is 0 Å². The molecule has 0 unspecified atom stereocenters. The van der Waals surface area contributed by atoms with E-state index in [1.165, 1.54) is 38.7 Å². The lowest BCUT2D eigenvalue weighted by Crippen LogP contribution is -2.55. The molecule has 0 spiro atoms. The van der Waals surface area contributed by atoms with Crippen molar-refractivity contribution in [3.05, 3.63) is 113 Å². The number of hydrogen-bond acceptors (Lipinski definition) is 5. The molecule has 0 aliphatic carbocycles. The first kappa shape index (κ1) is 29.5. The van der Waals surface area contributed by atoms with E-state index in [0.717, 1.165) is 58.7 Å². The molecule has 232 valence electrons. The minimum atomic E-state index is -0.227.